The van der Waals surface area contributed by atoms with E-state index in [-0.39, 0.29) is 6.10 Å². The SMILES string of the molecule is COc1cccc(CCN)c1OC1CCOCC1. The van der Waals surface area contributed by atoms with Crippen LogP contribution in [0.25, 0.3) is 0 Å². The molecule has 0 saturated carbocycles. The highest BCUT2D eigenvalue weighted by Crippen LogP contribution is 2.33. The molecule has 18 heavy (non-hydrogen) atoms. The molecule has 0 spiro atoms. The predicted octanol–water partition coefficient (Wildman–Crippen LogP) is 1.75. The summed E-state index contributed by atoms with van der Waals surface area (Å²) in [7, 11) is 1.67. The molecule has 1 aromatic rings. The highest BCUT2D eigenvalue weighted by Gasteiger charge is 2.19. The van der Waals surface area contributed by atoms with Gasteiger partial charge >= 0.3 is 0 Å². The van der Waals surface area contributed by atoms with Crippen molar-refractivity contribution in [3.63, 3.8) is 0 Å². The van der Waals surface area contributed by atoms with Gasteiger partial charge in [0.2, 0.25) is 0 Å². The van der Waals surface area contributed by atoms with Gasteiger partial charge in [0.15, 0.2) is 11.5 Å². The van der Waals surface area contributed by atoms with Crippen molar-refractivity contribution in [1.82, 2.24) is 0 Å². The van der Waals surface area contributed by atoms with Crippen LogP contribution in [0.3, 0.4) is 0 Å². The van der Waals surface area contributed by atoms with Crippen LogP contribution in [0.15, 0.2) is 18.2 Å². The molecular formula is C14H21NO3. The van der Waals surface area contributed by atoms with Gasteiger partial charge < -0.3 is 19.9 Å². The first-order valence-electron chi connectivity index (χ1n) is 6.45. The third kappa shape index (κ3) is 3.15. The third-order valence-corrected chi connectivity index (χ3v) is 3.15. The maximum atomic E-state index is 6.10. The van der Waals surface area contributed by atoms with E-state index in [4.69, 9.17) is 19.9 Å². The van der Waals surface area contributed by atoms with Crippen LogP contribution >= 0.6 is 0 Å². The van der Waals surface area contributed by atoms with Gasteiger partial charge in [0.25, 0.3) is 0 Å². The van der Waals surface area contributed by atoms with Crippen LogP contribution in [0.1, 0.15) is 18.4 Å². The molecule has 0 atom stereocenters. The Hall–Kier alpha value is -1.26. The Bertz CT molecular complexity index is 375. The van der Waals surface area contributed by atoms with Gasteiger partial charge in [-0.15, -0.1) is 0 Å². The largest absolute Gasteiger partial charge is 0.493 e. The fraction of sp³-hybridized carbons (Fsp3) is 0.571. The minimum atomic E-state index is 0.214. The van der Waals surface area contributed by atoms with E-state index >= 15 is 0 Å². The van der Waals surface area contributed by atoms with Crippen molar-refractivity contribution in [2.75, 3.05) is 26.9 Å². The molecule has 4 heteroatoms. The Morgan fingerprint density at radius 3 is 2.78 bits per heavy atom. The molecule has 0 aromatic heterocycles. The third-order valence-electron chi connectivity index (χ3n) is 3.15. The number of methoxy groups -OCH3 is 1. The van der Waals surface area contributed by atoms with Crippen molar-refractivity contribution in [2.24, 2.45) is 5.73 Å². The fourth-order valence-electron chi connectivity index (χ4n) is 2.17. The van der Waals surface area contributed by atoms with E-state index in [0.717, 1.165) is 49.5 Å². The van der Waals surface area contributed by atoms with Crippen molar-refractivity contribution in [3.8, 4) is 11.5 Å². The Morgan fingerprint density at radius 1 is 1.33 bits per heavy atom. The van der Waals surface area contributed by atoms with Crippen LogP contribution < -0.4 is 15.2 Å². The number of para-hydroxylation sites is 1. The van der Waals surface area contributed by atoms with Crippen LogP contribution in [-0.4, -0.2) is 33.0 Å². The first-order valence-corrected chi connectivity index (χ1v) is 6.45. The van der Waals surface area contributed by atoms with Gasteiger partial charge in [-0.25, -0.2) is 0 Å². The first kappa shape index (κ1) is 13.2. The topological polar surface area (TPSA) is 53.7 Å². The summed E-state index contributed by atoms with van der Waals surface area (Å²) in [5, 5.41) is 0. The molecule has 1 aromatic carbocycles. The molecule has 1 saturated heterocycles. The molecule has 2 N–H and O–H groups in total. The number of hydrogen-bond acceptors (Lipinski definition) is 4. The molecule has 100 valence electrons. The quantitative estimate of drug-likeness (QED) is 0.866. The van der Waals surface area contributed by atoms with Crippen molar-refractivity contribution < 1.29 is 14.2 Å². The Morgan fingerprint density at radius 2 is 2.11 bits per heavy atom. The maximum Gasteiger partial charge on any atom is 0.164 e. The summed E-state index contributed by atoms with van der Waals surface area (Å²) in [6.45, 7) is 2.15. The van der Waals surface area contributed by atoms with Gasteiger partial charge in [0, 0.05) is 12.8 Å². The molecular weight excluding hydrogens is 230 g/mol. The summed E-state index contributed by atoms with van der Waals surface area (Å²) in [4.78, 5) is 0. The summed E-state index contributed by atoms with van der Waals surface area (Å²) < 4.78 is 16.8. The monoisotopic (exact) mass is 251 g/mol. The van der Waals surface area contributed by atoms with Crippen LogP contribution in [-0.2, 0) is 11.2 Å². The minimum Gasteiger partial charge on any atom is -0.493 e. The average molecular weight is 251 g/mol. The molecule has 0 unspecified atom stereocenters. The second kappa shape index (κ2) is 6.61. The number of ether oxygens (including phenoxy) is 3. The fourth-order valence-corrected chi connectivity index (χ4v) is 2.17. The number of benzene rings is 1. The molecule has 0 aliphatic carbocycles. The number of rotatable bonds is 5. The van der Waals surface area contributed by atoms with E-state index in [2.05, 4.69) is 0 Å². The summed E-state index contributed by atoms with van der Waals surface area (Å²) in [5.41, 5.74) is 6.75. The zero-order valence-corrected chi connectivity index (χ0v) is 10.9. The van der Waals surface area contributed by atoms with Crippen LogP contribution in [0.5, 0.6) is 11.5 Å². The van der Waals surface area contributed by atoms with Crippen molar-refractivity contribution in [3.05, 3.63) is 23.8 Å². The Balaban J connectivity index is 2.16. The second-order valence-corrected chi connectivity index (χ2v) is 4.42. The summed E-state index contributed by atoms with van der Waals surface area (Å²) in [6.07, 6.45) is 2.88. The van der Waals surface area contributed by atoms with Crippen molar-refractivity contribution in [2.45, 2.75) is 25.4 Å². The van der Waals surface area contributed by atoms with E-state index in [1.165, 1.54) is 0 Å². The lowest BCUT2D eigenvalue weighted by molar-refractivity contribution is 0.0241. The zero-order valence-electron chi connectivity index (χ0n) is 10.9. The van der Waals surface area contributed by atoms with Gasteiger partial charge in [0.05, 0.1) is 20.3 Å². The van der Waals surface area contributed by atoms with Gasteiger partial charge in [0.1, 0.15) is 6.10 Å². The molecule has 0 amide bonds. The summed E-state index contributed by atoms with van der Waals surface area (Å²) in [5.74, 6) is 1.63. The molecule has 2 rings (SSSR count). The van der Waals surface area contributed by atoms with Crippen molar-refractivity contribution >= 4 is 0 Å². The highest BCUT2D eigenvalue weighted by molar-refractivity contribution is 5.47. The number of nitrogens with two attached hydrogens (primary N) is 1. The van der Waals surface area contributed by atoms with Gasteiger partial charge in [-0.1, -0.05) is 12.1 Å². The Labute approximate surface area is 108 Å². The van der Waals surface area contributed by atoms with Crippen LogP contribution in [0, 0.1) is 0 Å². The zero-order chi connectivity index (χ0) is 12.8. The summed E-state index contributed by atoms with van der Waals surface area (Å²) in [6, 6.07) is 5.94. The predicted molar refractivity (Wildman–Crippen MR) is 70.2 cm³/mol. The van der Waals surface area contributed by atoms with Crippen LogP contribution in [0.4, 0.5) is 0 Å². The Kier molecular flexibility index (Phi) is 4.84. The molecule has 1 heterocycles. The van der Waals surface area contributed by atoms with E-state index in [1.807, 2.05) is 18.2 Å². The molecule has 0 bridgehead atoms. The van der Waals surface area contributed by atoms with E-state index in [1.54, 1.807) is 7.11 Å². The molecule has 1 aliphatic rings. The molecule has 4 nitrogen and oxygen atoms in total. The standard InChI is InChI=1S/C14H21NO3/c1-16-13-4-2-3-11(5-8-15)14(13)18-12-6-9-17-10-7-12/h2-4,12H,5-10,15H2,1H3. The lowest BCUT2D eigenvalue weighted by Crippen LogP contribution is -2.26. The van der Waals surface area contributed by atoms with Crippen LogP contribution in [0.2, 0.25) is 0 Å². The molecule has 0 radical (unpaired) electrons. The van der Waals surface area contributed by atoms with Gasteiger partial charge in [-0.3, -0.25) is 0 Å². The van der Waals surface area contributed by atoms with E-state index in [9.17, 15) is 0 Å². The number of hydrogen-bond donors (Lipinski definition) is 1. The normalized spacial score (nSPS) is 16.6. The molecule has 1 aliphatic heterocycles. The summed E-state index contributed by atoms with van der Waals surface area (Å²) >= 11 is 0. The lowest BCUT2D eigenvalue weighted by Gasteiger charge is -2.25. The van der Waals surface area contributed by atoms with Gasteiger partial charge in [-0.05, 0) is 24.6 Å². The second-order valence-electron chi connectivity index (χ2n) is 4.42. The average Bonchev–Trinajstić information content (AvgIpc) is 2.42. The highest BCUT2D eigenvalue weighted by atomic mass is 16.5. The van der Waals surface area contributed by atoms with Crippen molar-refractivity contribution in [1.29, 1.82) is 0 Å². The minimum absolute atomic E-state index is 0.214. The first-order chi connectivity index (χ1) is 8.85. The van der Waals surface area contributed by atoms with Gasteiger partial charge in [-0.2, -0.15) is 0 Å². The lowest BCUT2D eigenvalue weighted by atomic mass is 10.1. The smallest absolute Gasteiger partial charge is 0.164 e. The van der Waals surface area contributed by atoms with E-state index < -0.39 is 0 Å². The maximum absolute atomic E-state index is 6.10. The molecule has 1 fully saturated rings. The van der Waals surface area contributed by atoms with E-state index in [0.29, 0.717) is 6.54 Å².